The quantitative estimate of drug-likeness (QED) is 0.795. The Morgan fingerprint density at radius 3 is 2.65 bits per heavy atom. The predicted octanol–water partition coefficient (Wildman–Crippen LogP) is 1.31. The molecular formula is C14H24N2O4. The van der Waals surface area contributed by atoms with Gasteiger partial charge < -0.3 is 20.1 Å². The Morgan fingerprint density at radius 2 is 2.10 bits per heavy atom. The van der Waals surface area contributed by atoms with Gasteiger partial charge in [-0.2, -0.15) is 0 Å². The zero-order valence-electron chi connectivity index (χ0n) is 12.0. The number of nitrogens with zero attached hydrogens (tertiary/aromatic N) is 1. The van der Waals surface area contributed by atoms with Gasteiger partial charge in [-0.25, -0.2) is 4.79 Å². The Hall–Kier alpha value is -1.30. The van der Waals surface area contributed by atoms with Crippen molar-refractivity contribution in [1.29, 1.82) is 0 Å². The van der Waals surface area contributed by atoms with Crippen molar-refractivity contribution in [2.24, 2.45) is 11.8 Å². The highest BCUT2D eigenvalue weighted by molar-refractivity contribution is 5.73. The summed E-state index contributed by atoms with van der Waals surface area (Å²) in [5.41, 5.74) is 0. The number of rotatable bonds is 5. The Bertz CT molecular complexity index is 357. The molecular weight excluding hydrogens is 260 g/mol. The summed E-state index contributed by atoms with van der Waals surface area (Å²) in [6.07, 6.45) is 3.98. The molecule has 1 saturated carbocycles. The summed E-state index contributed by atoms with van der Waals surface area (Å²) in [7, 11) is 0. The smallest absolute Gasteiger partial charge is 0.409 e. The maximum atomic E-state index is 11.8. The van der Waals surface area contributed by atoms with Crippen LogP contribution in [-0.2, 0) is 9.53 Å². The van der Waals surface area contributed by atoms with Gasteiger partial charge in [0.05, 0.1) is 12.5 Å². The van der Waals surface area contributed by atoms with E-state index >= 15 is 0 Å². The third-order valence-electron chi connectivity index (χ3n) is 4.25. The highest BCUT2D eigenvalue weighted by atomic mass is 16.6. The number of piperidine rings is 1. The summed E-state index contributed by atoms with van der Waals surface area (Å²) in [6, 6.07) is 0.0508. The number of carbonyl (C=O) groups is 2. The maximum Gasteiger partial charge on any atom is 0.409 e. The second kappa shape index (κ2) is 6.92. The van der Waals surface area contributed by atoms with Crippen LogP contribution in [-0.4, -0.2) is 54.4 Å². The fraction of sp³-hybridized carbons (Fsp3) is 0.857. The molecule has 0 bridgehead atoms. The first-order valence-corrected chi connectivity index (χ1v) is 7.48. The van der Waals surface area contributed by atoms with E-state index in [1.54, 1.807) is 6.92 Å². The average Bonchev–Trinajstić information content (AvgIpc) is 2.36. The first-order valence-electron chi connectivity index (χ1n) is 7.48. The lowest BCUT2D eigenvalue weighted by Crippen LogP contribution is -2.53. The first kappa shape index (κ1) is 15.1. The lowest BCUT2D eigenvalue weighted by molar-refractivity contribution is -0.143. The van der Waals surface area contributed by atoms with Gasteiger partial charge in [0.25, 0.3) is 0 Å². The number of aliphatic carboxylic acids is 1. The summed E-state index contributed by atoms with van der Waals surface area (Å²) >= 11 is 0. The number of nitrogens with one attached hydrogen (secondary N) is 1. The minimum absolute atomic E-state index is 0.0508. The van der Waals surface area contributed by atoms with Crippen LogP contribution in [0.1, 0.15) is 32.6 Å². The summed E-state index contributed by atoms with van der Waals surface area (Å²) in [4.78, 5) is 24.5. The van der Waals surface area contributed by atoms with E-state index in [1.807, 2.05) is 0 Å². The minimum Gasteiger partial charge on any atom is -0.481 e. The van der Waals surface area contributed by atoms with E-state index in [4.69, 9.17) is 4.74 Å². The van der Waals surface area contributed by atoms with Crippen LogP contribution < -0.4 is 5.32 Å². The molecule has 2 rings (SSSR count). The molecule has 2 fully saturated rings. The molecule has 0 aromatic heterocycles. The number of carboxylic acid groups (broad SMARTS) is 1. The van der Waals surface area contributed by atoms with Crippen LogP contribution in [0, 0.1) is 11.8 Å². The molecule has 1 amide bonds. The molecule has 0 spiro atoms. The van der Waals surface area contributed by atoms with Crippen molar-refractivity contribution in [3.05, 3.63) is 0 Å². The molecule has 2 unspecified atom stereocenters. The molecule has 0 aromatic carbocycles. The topological polar surface area (TPSA) is 78.9 Å². The predicted molar refractivity (Wildman–Crippen MR) is 73.5 cm³/mol. The Kier molecular flexibility index (Phi) is 5.23. The van der Waals surface area contributed by atoms with Crippen LogP contribution in [0.4, 0.5) is 4.79 Å². The van der Waals surface area contributed by atoms with Crippen molar-refractivity contribution >= 4 is 12.1 Å². The summed E-state index contributed by atoms with van der Waals surface area (Å²) in [5.74, 6) is -0.627. The Labute approximate surface area is 119 Å². The van der Waals surface area contributed by atoms with Gasteiger partial charge in [-0.05, 0) is 38.6 Å². The summed E-state index contributed by atoms with van der Waals surface area (Å²) in [5, 5.41) is 12.6. The standard InChI is InChI=1S/C14H24N2O4/c1-2-20-14(19)16-8-11(13(17)18)6-12(9-16)15-7-10-4-3-5-10/h10-12,15H,2-9H2,1H3,(H,17,18). The van der Waals surface area contributed by atoms with E-state index in [0.29, 0.717) is 19.6 Å². The molecule has 0 radical (unpaired) electrons. The lowest BCUT2D eigenvalue weighted by Gasteiger charge is -2.37. The summed E-state index contributed by atoms with van der Waals surface area (Å²) < 4.78 is 4.98. The van der Waals surface area contributed by atoms with E-state index in [-0.39, 0.29) is 12.6 Å². The molecule has 1 saturated heterocycles. The highest BCUT2D eigenvalue weighted by Crippen LogP contribution is 2.26. The Morgan fingerprint density at radius 1 is 1.35 bits per heavy atom. The third-order valence-corrected chi connectivity index (χ3v) is 4.25. The third kappa shape index (κ3) is 3.85. The number of hydrogen-bond donors (Lipinski definition) is 2. The Balaban J connectivity index is 1.88. The molecule has 6 nitrogen and oxygen atoms in total. The van der Waals surface area contributed by atoms with Crippen molar-refractivity contribution in [3.8, 4) is 0 Å². The van der Waals surface area contributed by atoms with Gasteiger partial charge in [0.15, 0.2) is 0 Å². The molecule has 2 aliphatic rings. The van der Waals surface area contributed by atoms with Crippen molar-refractivity contribution < 1.29 is 19.4 Å². The van der Waals surface area contributed by atoms with Crippen LogP contribution in [0.15, 0.2) is 0 Å². The number of likely N-dealkylation sites (tertiary alicyclic amines) is 1. The van der Waals surface area contributed by atoms with Gasteiger partial charge in [-0.1, -0.05) is 6.42 Å². The van der Waals surface area contributed by atoms with Gasteiger partial charge in [0, 0.05) is 19.1 Å². The van der Waals surface area contributed by atoms with E-state index < -0.39 is 18.0 Å². The van der Waals surface area contributed by atoms with E-state index in [1.165, 1.54) is 24.2 Å². The van der Waals surface area contributed by atoms with Crippen molar-refractivity contribution in [2.45, 2.75) is 38.6 Å². The van der Waals surface area contributed by atoms with Crippen LogP contribution in [0.3, 0.4) is 0 Å². The SMILES string of the molecule is CCOC(=O)N1CC(NCC2CCC2)CC(C(=O)O)C1. The number of hydrogen-bond acceptors (Lipinski definition) is 4. The fourth-order valence-electron chi connectivity index (χ4n) is 2.82. The minimum atomic E-state index is -0.838. The largest absolute Gasteiger partial charge is 0.481 e. The number of carbonyl (C=O) groups excluding carboxylic acids is 1. The monoisotopic (exact) mass is 284 g/mol. The molecule has 20 heavy (non-hydrogen) atoms. The van der Waals surface area contributed by atoms with Gasteiger partial charge in [-0.3, -0.25) is 4.79 Å². The van der Waals surface area contributed by atoms with Gasteiger partial charge in [-0.15, -0.1) is 0 Å². The summed E-state index contributed by atoms with van der Waals surface area (Å²) in [6.45, 7) is 3.77. The second-order valence-corrected chi connectivity index (χ2v) is 5.78. The molecule has 6 heteroatoms. The normalized spacial score (nSPS) is 26.9. The van der Waals surface area contributed by atoms with Gasteiger partial charge in [0.2, 0.25) is 0 Å². The first-order chi connectivity index (χ1) is 9.60. The van der Waals surface area contributed by atoms with E-state index in [2.05, 4.69) is 5.32 Å². The van der Waals surface area contributed by atoms with Crippen LogP contribution >= 0.6 is 0 Å². The van der Waals surface area contributed by atoms with Crippen molar-refractivity contribution in [1.82, 2.24) is 10.2 Å². The molecule has 0 aromatic rings. The molecule has 1 aliphatic heterocycles. The van der Waals surface area contributed by atoms with Gasteiger partial charge >= 0.3 is 12.1 Å². The zero-order valence-corrected chi connectivity index (χ0v) is 12.0. The fourth-order valence-corrected chi connectivity index (χ4v) is 2.82. The van der Waals surface area contributed by atoms with Crippen LogP contribution in [0.25, 0.3) is 0 Å². The average molecular weight is 284 g/mol. The molecule has 1 heterocycles. The van der Waals surface area contributed by atoms with E-state index in [9.17, 15) is 14.7 Å². The highest BCUT2D eigenvalue weighted by Gasteiger charge is 2.34. The maximum absolute atomic E-state index is 11.8. The van der Waals surface area contributed by atoms with Crippen LogP contribution in [0.5, 0.6) is 0 Å². The molecule has 114 valence electrons. The van der Waals surface area contributed by atoms with Crippen molar-refractivity contribution in [3.63, 3.8) is 0 Å². The van der Waals surface area contributed by atoms with Gasteiger partial charge in [0.1, 0.15) is 0 Å². The molecule has 2 N–H and O–H groups in total. The van der Waals surface area contributed by atoms with Crippen molar-refractivity contribution in [2.75, 3.05) is 26.2 Å². The van der Waals surface area contributed by atoms with E-state index in [0.717, 1.165) is 12.5 Å². The molecule has 1 aliphatic carbocycles. The zero-order chi connectivity index (χ0) is 14.5. The molecule has 2 atom stereocenters. The number of carboxylic acids is 1. The lowest BCUT2D eigenvalue weighted by atomic mass is 9.85. The second-order valence-electron chi connectivity index (χ2n) is 5.78. The van der Waals surface area contributed by atoms with Crippen LogP contribution in [0.2, 0.25) is 0 Å². The number of ether oxygens (including phenoxy) is 1. The number of amides is 1.